The van der Waals surface area contributed by atoms with Crippen LogP contribution < -0.4 is 5.73 Å². The summed E-state index contributed by atoms with van der Waals surface area (Å²) < 4.78 is 10.7. The molecule has 1 atom stereocenters. The Kier molecular flexibility index (Phi) is 5.06. The minimum absolute atomic E-state index is 0.0610. The molecule has 0 bridgehead atoms. The van der Waals surface area contributed by atoms with E-state index in [0.29, 0.717) is 46.2 Å². The average molecular weight is 382 g/mol. The molecule has 1 aromatic rings. The highest BCUT2D eigenvalue weighted by Crippen LogP contribution is 2.47. The molecule has 5 nitrogen and oxygen atoms in total. The predicted molar refractivity (Wildman–Crippen MR) is 94.0 cm³/mol. The summed E-state index contributed by atoms with van der Waals surface area (Å²) in [6.45, 7) is 1.85. The highest BCUT2D eigenvalue weighted by Gasteiger charge is 2.42. The van der Waals surface area contributed by atoms with Crippen LogP contribution in [0.2, 0.25) is 10.0 Å². The first kappa shape index (κ1) is 17.8. The summed E-state index contributed by atoms with van der Waals surface area (Å²) >= 11 is 12.7. The molecule has 7 heteroatoms. The molecular formula is C18H17Cl2NO4. The number of ether oxygens (including phenoxy) is 2. The van der Waals surface area contributed by atoms with E-state index < -0.39 is 11.9 Å². The zero-order chi connectivity index (χ0) is 18.1. The van der Waals surface area contributed by atoms with Crippen LogP contribution in [0.25, 0.3) is 0 Å². The van der Waals surface area contributed by atoms with E-state index in [2.05, 4.69) is 0 Å². The van der Waals surface area contributed by atoms with Crippen molar-refractivity contribution < 1.29 is 19.1 Å². The Labute approximate surface area is 155 Å². The van der Waals surface area contributed by atoms with Crippen LogP contribution in [-0.4, -0.2) is 18.4 Å². The third kappa shape index (κ3) is 3.14. The number of halogens is 2. The van der Waals surface area contributed by atoms with Gasteiger partial charge in [0.05, 0.1) is 12.5 Å². The van der Waals surface area contributed by atoms with Gasteiger partial charge in [0, 0.05) is 34.0 Å². The van der Waals surface area contributed by atoms with Gasteiger partial charge in [-0.1, -0.05) is 29.3 Å². The van der Waals surface area contributed by atoms with Crippen molar-refractivity contribution in [2.75, 3.05) is 6.61 Å². The average Bonchev–Trinajstić information content (AvgIpc) is 2.54. The molecular weight excluding hydrogens is 365 g/mol. The Balaban J connectivity index is 2.25. The van der Waals surface area contributed by atoms with Gasteiger partial charge >= 0.3 is 5.97 Å². The summed E-state index contributed by atoms with van der Waals surface area (Å²) in [5.41, 5.74) is 6.92. The SMILES string of the molecule is CCOC(=O)C1=C(N)OC2=C(C(=O)CCC2)[C@H]1c1c(Cl)cccc1Cl. The number of ketones is 1. The highest BCUT2D eigenvalue weighted by molar-refractivity contribution is 6.36. The van der Waals surface area contributed by atoms with Crippen LogP contribution in [-0.2, 0) is 19.1 Å². The number of Topliss-reactive ketones (excluding diaryl/α,β-unsaturated/α-hetero) is 1. The van der Waals surface area contributed by atoms with E-state index >= 15 is 0 Å². The fourth-order valence-electron chi connectivity index (χ4n) is 3.24. The second-order valence-electron chi connectivity index (χ2n) is 5.78. The zero-order valence-corrected chi connectivity index (χ0v) is 15.1. The van der Waals surface area contributed by atoms with Crippen molar-refractivity contribution in [2.45, 2.75) is 32.1 Å². The molecule has 1 aromatic carbocycles. The fourth-order valence-corrected chi connectivity index (χ4v) is 3.85. The molecule has 0 saturated carbocycles. The van der Waals surface area contributed by atoms with Crippen molar-refractivity contribution in [3.05, 3.63) is 56.6 Å². The summed E-state index contributed by atoms with van der Waals surface area (Å²) in [4.78, 5) is 25.2. The maximum absolute atomic E-state index is 12.6. The summed E-state index contributed by atoms with van der Waals surface area (Å²) in [5, 5.41) is 0.693. The molecule has 25 heavy (non-hydrogen) atoms. The Morgan fingerprint density at radius 1 is 1.32 bits per heavy atom. The van der Waals surface area contributed by atoms with Crippen LogP contribution in [0.15, 0.2) is 41.0 Å². The van der Waals surface area contributed by atoms with Crippen molar-refractivity contribution in [2.24, 2.45) is 5.73 Å². The second-order valence-corrected chi connectivity index (χ2v) is 6.60. The molecule has 1 aliphatic heterocycles. The first-order valence-electron chi connectivity index (χ1n) is 8.00. The maximum atomic E-state index is 12.6. The molecule has 0 unspecified atom stereocenters. The van der Waals surface area contributed by atoms with E-state index in [1.54, 1.807) is 25.1 Å². The molecule has 3 rings (SSSR count). The predicted octanol–water partition coefficient (Wildman–Crippen LogP) is 3.85. The van der Waals surface area contributed by atoms with Gasteiger partial charge in [0.1, 0.15) is 11.3 Å². The molecule has 1 aliphatic carbocycles. The molecule has 132 valence electrons. The Morgan fingerprint density at radius 2 is 2.00 bits per heavy atom. The minimum atomic E-state index is -0.795. The van der Waals surface area contributed by atoms with Crippen molar-refractivity contribution in [3.63, 3.8) is 0 Å². The molecule has 2 aliphatic rings. The smallest absolute Gasteiger partial charge is 0.340 e. The lowest BCUT2D eigenvalue weighted by Crippen LogP contribution is -2.31. The molecule has 0 saturated heterocycles. The van der Waals surface area contributed by atoms with Gasteiger partial charge in [0.2, 0.25) is 5.88 Å². The van der Waals surface area contributed by atoms with Crippen molar-refractivity contribution >= 4 is 35.0 Å². The third-order valence-electron chi connectivity index (χ3n) is 4.27. The van der Waals surface area contributed by atoms with E-state index in [0.717, 1.165) is 0 Å². The Hall–Kier alpha value is -1.98. The van der Waals surface area contributed by atoms with E-state index in [4.69, 9.17) is 38.4 Å². The van der Waals surface area contributed by atoms with Crippen LogP contribution in [0.5, 0.6) is 0 Å². The number of carbonyl (C=O) groups excluding carboxylic acids is 2. The summed E-state index contributed by atoms with van der Waals surface area (Å²) in [5.74, 6) is -1.14. The Bertz CT molecular complexity index is 793. The van der Waals surface area contributed by atoms with Crippen molar-refractivity contribution in [3.8, 4) is 0 Å². The molecule has 1 heterocycles. The van der Waals surface area contributed by atoms with E-state index in [1.165, 1.54) is 0 Å². The monoisotopic (exact) mass is 381 g/mol. The standard InChI is InChI=1S/C18H17Cl2NO4/c1-2-24-18(23)16-15(13-9(19)5-3-6-10(13)20)14-11(22)7-4-8-12(14)25-17(16)21/h3,5-6,15H,2,4,7-8,21H2,1H3/t15-/m1/s1. The molecule has 0 fully saturated rings. The van der Waals surface area contributed by atoms with Crippen molar-refractivity contribution in [1.82, 2.24) is 0 Å². The number of hydrogen-bond donors (Lipinski definition) is 1. The largest absolute Gasteiger partial charge is 0.462 e. The lowest BCUT2D eigenvalue weighted by atomic mass is 9.77. The van der Waals surface area contributed by atoms with E-state index in [-0.39, 0.29) is 23.8 Å². The maximum Gasteiger partial charge on any atom is 0.340 e. The van der Waals surface area contributed by atoms with Gasteiger partial charge in [-0.15, -0.1) is 0 Å². The van der Waals surface area contributed by atoms with Crippen LogP contribution in [0.3, 0.4) is 0 Å². The van der Waals surface area contributed by atoms with E-state index in [9.17, 15) is 9.59 Å². The summed E-state index contributed by atoms with van der Waals surface area (Å²) in [7, 11) is 0. The molecule has 0 radical (unpaired) electrons. The van der Waals surface area contributed by atoms with Gasteiger partial charge in [-0.05, 0) is 25.5 Å². The molecule has 0 amide bonds. The second kappa shape index (κ2) is 7.10. The number of esters is 1. The van der Waals surface area contributed by atoms with Crippen LogP contribution >= 0.6 is 23.2 Å². The van der Waals surface area contributed by atoms with Gasteiger partial charge in [-0.3, -0.25) is 4.79 Å². The number of benzene rings is 1. The highest BCUT2D eigenvalue weighted by atomic mass is 35.5. The minimum Gasteiger partial charge on any atom is -0.462 e. The van der Waals surface area contributed by atoms with Crippen molar-refractivity contribution in [1.29, 1.82) is 0 Å². The van der Waals surface area contributed by atoms with E-state index in [1.807, 2.05) is 0 Å². The van der Waals surface area contributed by atoms with Gasteiger partial charge < -0.3 is 15.2 Å². The Morgan fingerprint density at radius 3 is 2.64 bits per heavy atom. The lowest BCUT2D eigenvalue weighted by molar-refractivity contribution is -0.139. The fraction of sp³-hybridized carbons (Fsp3) is 0.333. The van der Waals surface area contributed by atoms with Crippen LogP contribution in [0.1, 0.15) is 37.7 Å². The molecule has 0 aromatic heterocycles. The van der Waals surface area contributed by atoms with Gasteiger partial charge in [0.25, 0.3) is 0 Å². The number of allylic oxidation sites excluding steroid dienone is 2. The lowest BCUT2D eigenvalue weighted by Gasteiger charge is -2.33. The normalized spacial score (nSPS) is 20.3. The third-order valence-corrected chi connectivity index (χ3v) is 4.93. The van der Waals surface area contributed by atoms with Gasteiger partial charge in [-0.25, -0.2) is 4.79 Å². The van der Waals surface area contributed by atoms with Crippen LogP contribution in [0, 0.1) is 0 Å². The first-order chi connectivity index (χ1) is 12.0. The molecule has 0 spiro atoms. The number of carbonyl (C=O) groups is 2. The van der Waals surface area contributed by atoms with Gasteiger partial charge in [-0.2, -0.15) is 0 Å². The number of nitrogens with two attached hydrogens (primary N) is 1. The molecule has 2 N–H and O–H groups in total. The quantitative estimate of drug-likeness (QED) is 0.804. The number of hydrogen-bond acceptors (Lipinski definition) is 5. The van der Waals surface area contributed by atoms with Crippen LogP contribution in [0.4, 0.5) is 0 Å². The van der Waals surface area contributed by atoms with Gasteiger partial charge in [0.15, 0.2) is 5.78 Å². The first-order valence-corrected chi connectivity index (χ1v) is 8.76. The summed E-state index contributed by atoms with van der Waals surface area (Å²) in [6, 6.07) is 5.01. The zero-order valence-electron chi connectivity index (χ0n) is 13.6. The summed E-state index contributed by atoms with van der Waals surface area (Å²) in [6.07, 6.45) is 1.61. The topological polar surface area (TPSA) is 78.6 Å². The number of rotatable bonds is 3.